The lowest BCUT2D eigenvalue weighted by Gasteiger charge is -2.26. The minimum Gasteiger partial charge on any atom is -0.341 e. The first-order valence-electron chi connectivity index (χ1n) is 6.14. The highest BCUT2D eigenvalue weighted by Gasteiger charge is 2.20. The average molecular weight is 306 g/mol. The largest absolute Gasteiger partial charge is 0.341 e. The van der Waals surface area contributed by atoms with Crippen molar-refractivity contribution in [2.75, 3.05) is 13.1 Å². The van der Waals surface area contributed by atoms with E-state index >= 15 is 0 Å². The van der Waals surface area contributed by atoms with Gasteiger partial charge in [-0.05, 0) is 26.2 Å². The van der Waals surface area contributed by atoms with Gasteiger partial charge in [-0.25, -0.2) is 13.4 Å². The predicted octanol–water partition coefficient (Wildman–Crippen LogP) is 1.13. The number of hydrogen-bond acceptors (Lipinski definition) is 4. The first kappa shape index (κ1) is 14.3. The van der Waals surface area contributed by atoms with Crippen molar-refractivity contribution in [1.29, 1.82) is 0 Å². The van der Waals surface area contributed by atoms with Gasteiger partial charge in [0.1, 0.15) is 12.4 Å². The monoisotopic (exact) mass is 305 g/mol. The quantitative estimate of drug-likeness (QED) is 0.785. The molecule has 1 aliphatic rings. The number of amides is 1. The van der Waals surface area contributed by atoms with Crippen LogP contribution in [-0.4, -0.2) is 41.9 Å². The topological polar surface area (TPSA) is 72.3 Å². The van der Waals surface area contributed by atoms with E-state index in [0.717, 1.165) is 32.4 Å². The second kappa shape index (κ2) is 5.50. The highest BCUT2D eigenvalue weighted by Crippen LogP contribution is 2.15. The molecule has 0 radical (unpaired) electrons. The number of carbonyl (C=O) groups is 1. The second-order valence-electron chi connectivity index (χ2n) is 4.63. The van der Waals surface area contributed by atoms with Crippen molar-refractivity contribution in [2.45, 2.75) is 37.8 Å². The van der Waals surface area contributed by atoms with Crippen LogP contribution in [-0.2, 0) is 20.4 Å². The molecule has 2 heterocycles. The van der Waals surface area contributed by atoms with Crippen LogP contribution in [0.3, 0.4) is 0 Å². The number of carbonyl (C=O) groups excluding carboxylic acids is 1. The van der Waals surface area contributed by atoms with Crippen LogP contribution in [0.5, 0.6) is 0 Å². The van der Waals surface area contributed by atoms with Gasteiger partial charge in [-0.15, -0.1) is 0 Å². The van der Waals surface area contributed by atoms with Crippen molar-refractivity contribution >= 4 is 25.6 Å². The number of likely N-dealkylation sites (tertiary alicyclic amines) is 1. The number of piperidine rings is 1. The van der Waals surface area contributed by atoms with Crippen LogP contribution in [0, 0.1) is 6.92 Å². The van der Waals surface area contributed by atoms with Crippen molar-refractivity contribution in [3.05, 3.63) is 12.0 Å². The normalized spacial score (nSPS) is 16.6. The molecule has 1 saturated heterocycles. The van der Waals surface area contributed by atoms with Crippen LogP contribution in [0.1, 0.15) is 25.1 Å². The van der Waals surface area contributed by atoms with Gasteiger partial charge in [0, 0.05) is 30.0 Å². The van der Waals surface area contributed by atoms with E-state index < -0.39 is 9.05 Å². The van der Waals surface area contributed by atoms with Crippen LogP contribution in [0.4, 0.5) is 0 Å². The maximum absolute atomic E-state index is 12.1. The van der Waals surface area contributed by atoms with Gasteiger partial charge in [-0.2, -0.15) is 0 Å². The molecule has 0 saturated carbocycles. The summed E-state index contributed by atoms with van der Waals surface area (Å²) in [7, 11) is 1.38. The van der Waals surface area contributed by atoms with Crippen molar-refractivity contribution < 1.29 is 13.2 Å². The third-order valence-electron chi connectivity index (χ3n) is 3.22. The molecule has 0 N–H and O–H groups in total. The second-order valence-corrected chi connectivity index (χ2v) is 7.15. The Morgan fingerprint density at radius 1 is 1.37 bits per heavy atom. The van der Waals surface area contributed by atoms with E-state index in [4.69, 9.17) is 10.7 Å². The number of nitrogens with zero attached hydrogens (tertiary/aromatic N) is 3. The number of aromatic nitrogens is 2. The first-order valence-corrected chi connectivity index (χ1v) is 8.45. The minimum absolute atomic E-state index is 0.0151. The van der Waals surface area contributed by atoms with E-state index in [1.54, 1.807) is 11.8 Å². The van der Waals surface area contributed by atoms with Gasteiger partial charge in [-0.3, -0.25) is 4.79 Å². The zero-order chi connectivity index (χ0) is 14.0. The molecule has 0 aromatic carbocycles. The van der Waals surface area contributed by atoms with Crippen LogP contribution < -0.4 is 0 Å². The van der Waals surface area contributed by atoms with Crippen molar-refractivity contribution in [3.63, 3.8) is 0 Å². The molecule has 6 nitrogen and oxygen atoms in total. The number of hydrogen-bond donors (Lipinski definition) is 0. The Morgan fingerprint density at radius 2 is 2.00 bits per heavy atom. The summed E-state index contributed by atoms with van der Waals surface area (Å²) in [6.07, 6.45) is 4.51. The lowest BCUT2D eigenvalue weighted by molar-refractivity contribution is -0.132. The lowest BCUT2D eigenvalue weighted by atomic mass is 10.1. The van der Waals surface area contributed by atoms with Crippen LogP contribution >= 0.6 is 10.7 Å². The number of aryl methyl sites for hydroxylation is 1. The van der Waals surface area contributed by atoms with Gasteiger partial charge in [0.15, 0.2) is 5.03 Å². The molecule has 19 heavy (non-hydrogen) atoms. The predicted molar refractivity (Wildman–Crippen MR) is 70.4 cm³/mol. The minimum atomic E-state index is -3.85. The molecule has 1 aliphatic heterocycles. The Kier molecular flexibility index (Phi) is 4.15. The zero-order valence-corrected chi connectivity index (χ0v) is 12.2. The van der Waals surface area contributed by atoms with Gasteiger partial charge in [0.25, 0.3) is 9.05 Å². The highest BCUT2D eigenvalue weighted by molar-refractivity contribution is 8.13. The Bertz CT molecular complexity index is 576. The Labute approximate surface area is 116 Å². The van der Waals surface area contributed by atoms with Gasteiger partial charge >= 0.3 is 0 Å². The van der Waals surface area contributed by atoms with E-state index in [1.807, 2.05) is 0 Å². The molecule has 0 aliphatic carbocycles. The molecular formula is C11H16ClN3O3S. The number of rotatable bonds is 3. The number of halogens is 1. The standard InChI is InChI=1S/C11H16ClN3O3S/c1-9-13-10(19(12,17)18)7-15(9)8-11(16)14-5-3-2-4-6-14/h7H,2-6,8H2,1H3. The summed E-state index contributed by atoms with van der Waals surface area (Å²) >= 11 is 0. The lowest BCUT2D eigenvalue weighted by Crippen LogP contribution is -2.37. The molecule has 0 spiro atoms. The third kappa shape index (κ3) is 3.48. The van der Waals surface area contributed by atoms with E-state index in [1.165, 1.54) is 10.8 Å². The summed E-state index contributed by atoms with van der Waals surface area (Å²) in [6, 6.07) is 0. The van der Waals surface area contributed by atoms with E-state index in [9.17, 15) is 13.2 Å². The third-order valence-corrected chi connectivity index (χ3v) is 4.39. The maximum Gasteiger partial charge on any atom is 0.280 e. The average Bonchev–Trinajstić information content (AvgIpc) is 2.72. The van der Waals surface area contributed by atoms with Gasteiger partial charge < -0.3 is 9.47 Å². The van der Waals surface area contributed by atoms with Crippen molar-refractivity contribution in [1.82, 2.24) is 14.5 Å². The fourth-order valence-corrected chi connectivity index (χ4v) is 2.86. The van der Waals surface area contributed by atoms with E-state index in [2.05, 4.69) is 4.98 Å². The Balaban J connectivity index is 2.10. The summed E-state index contributed by atoms with van der Waals surface area (Å²) in [5.41, 5.74) is 0. The molecule has 0 bridgehead atoms. The molecule has 1 aromatic heterocycles. The molecule has 2 rings (SSSR count). The molecule has 0 atom stereocenters. The van der Waals surface area contributed by atoms with Crippen molar-refractivity contribution in [2.24, 2.45) is 0 Å². The Morgan fingerprint density at radius 3 is 2.53 bits per heavy atom. The summed E-state index contributed by atoms with van der Waals surface area (Å²) in [5.74, 6) is 0.448. The summed E-state index contributed by atoms with van der Waals surface area (Å²) in [5, 5.41) is -0.210. The molecule has 8 heteroatoms. The zero-order valence-electron chi connectivity index (χ0n) is 10.7. The van der Waals surface area contributed by atoms with Crippen LogP contribution in [0.2, 0.25) is 0 Å². The fraction of sp³-hybridized carbons (Fsp3) is 0.636. The maximum atomic E-state index is 12.1. The highest BCUT2D eigenvalue weighted by atomic mass is 35.7. The molecule has 1 amide bonds. The Hall–Kier alpha value is -1.08. The molecule has 1 aromatic rings. The summed E-state index contributed by atoms with van der Waals surface area (Å²) in [6.45, 7) is 3.29. The van der Waals surface area contributed by atoms with Crippen LogP contribution in [0.25, 0.3) is 0 Å². The van der Waals surface area contributed by atoms with Gasteiger partial charge in [0.2, 0.25) is 5.91 Å². The van der Waals surface area contributed by atoms with Crippen LogP contribution in [0.15, 0.2) is 11.2 Å². The summed E-state index contributed by atoms with van der Waals surface area (Å²) < 4.78 is 23.9. The van der Waals surface area contributed by atoms with Crippen molar-refractivity contribution in [3.8, 4) is 0 Å². The molecular weight excluding hydrogens is 290 g/mol. The molecule has 1 fully saturated rings. The SMILES string of the molecule is Cc1nc(S(=O)(=O)Cl)cn1CC(=O)N1CCCCC1. The van der Waals surface area contributed by atoms with Gasteiger partial charge in [-0.1, -0.05) is 0 Å². The molecule has 106 valence electrons. The fourth-order valence-electron chi connectivity index (χ4n) is 2.15. The van der Waals surface area contributed by atoms with E-state index in [0.29, 0.717) is 5.82 Å². The summed E-state index contributed by atoms with van der Waals surface area (Å²) in [4.78, 5) is 17.7. The van der Waals surface area contributed by atoms with Gasteiger partial charge in [0.05, 0.1) is 0 Å². The molecule has 0 unspecified atom stereocenters. The smallest absolute Gasteiger partial charge is 0.280 e. The number of imidazole rings is 1. The first-order chi connectivity index (χ1) is 8.88. The van der Waals surface area contributed by atoms with E-state index in [-0.39, 0.29) is 17.5 Å².